The summed E-state index contributed by atoms with van der Waals surface area (Å²) in [5, 5.41) is 3.51. The first-order valence-corrected chi connectivity index (χ1v) is 7.42. The van der Waals surface area contributed by atoms with Gasteiger partial charge in [0.15, 0.2) is 11.5 Å². The Balaban J connectivity index is 2.32. The number of nitrogens with one attached hydrogen (secondary N) is 1. The van der Waals surface area contributed by atoms with Crippen molar-refractivity contribution in [2.75, 3.05) is 21.3 Å². The largest absolute Gasteiger partial charge is 0.493 e. The molecule has 0 bridgehead atoms. The lowest BCUT2D eigenvalue weighted by Crippen LogP contribution is -2.32. The van der Waals surface area contributed by atoms with Gasteiger partial charge in [-0.25, -0.2) is 0 Å². The molecule has 0 amide bonds. The lowest BCUT2D eigenvalue weighted by atomic mass is 9.75. The van der Waals surface area contributed by atoms with E-state index in [1.54, 1.807) is 14.2 Å². The molecular formula is C17H27NO2. The third-order valence-corrected chi connectivity index (χ3v) is 4.82. The van der Waals surface area contributed by atoms with E-state index in [-0.39, 0.29) is 0 Å². The lowest BCUT2D eigenvalue weighted by Gasteiger charge is -2.34. The van der Waals surface area contributed by atoms with E-state index in [9.17, 15) is 0 Å². The van der Waals surface area contributed by atoms with Crippen LogP contribution in [-0.4, -0.2) is 21.3 Å². The van der Waals surface area contributed by atoms with Gasteiger partial charge in [0.25, 0.3) is 0 Å². The first-order chi connectivity index (χ1) is 9.53. The molecule has 1 aliphatic carbocycles. The average Bonchev–Trinajstić information content (AvgIpc) is 2.79. The van der Waals surface area contributed by atoms with Crippen LogP contribution in [0.2, 0.25) is 0 Å². The Morgan fingerprint density at radius 2 is 1.90 bits per heavy atom. The summed E-state index contributed by atoms with van der Waals surface area (Å²) in [5.41, 5.74) is 1.67. The molecule has 0 aromatic heterocycles. The number of hydrogen-bond acceptors (Lipinski definition) is 3. The van der Waals surface area contributed by atoms with E-state index in [4.69, 9.17) is 9.47 Å². The van der Waals surface area contributed by atoms with Crippen molar-refractivity contribution in [3.05, 3.63) is 23.8 Å². The van der Waals surface area contributed by atoms with E-state index < -0.39 is 0 Å². The molecule has 1 fully saturated rings. The first-order valence-electron chi connectivity index (χ1n) is 7.42. The number of ether oxygens (including phenoxy) is 2. The number of methoxy groups -OCH3 is 2. The van der Waals surface area contributed by atoms with Crippen LogP contribution in [0.4, 0.5) is 0 Å². The molecule has 0 heterocycles. The van der Waals surface area contributed by atoms with Crippen LogP contribution in [0.5, 0.6) is 11.5 Å². The Morgan fingerprint density at radius 3 is 2.40 bits per heavy atom. The molecule has 0 spiro atoms. The van der Waals surface area contributed by atoms with Crippen molar-refractivity contribution in [1.29, 1.82) is 0 Å². The quantitative estimate of drug-likeness (QED) is 0.888. The van der Waals surface area contributed by atoms with Crippen molar-refractivity contribution in [2.24, 2.45) is 11.3 Å². The maximum atomic E-state index is 5.43. The molecule has 2 unspecified atom stereocenters. The molecule has 1 saturated carbocycles. The summed E-state index contributed by atoms with van der Waals surface area (Å²) in [5.74, 6) is 2.25. The van der Waals surface area contributed by atoms with E-state index >= 15 is 0 Å². The Bertz CT molecular complexity index is 456. The minimum atomic E-state index is 0.368. The Morgan fingerprint density at radius 1 is 1.20 bits per heavy atom. The predicted molar refractivity (Wildman–Crippen MR) is 82.5 cm³/mol. The molecule has 20 heavy (non-hydrogen) atoms. The van der Waals surface area contributed by atoms with Crippen LogP contribution in [0, 0.1) is 11.3 Å². The predicted octanol–water partition coefficient (Wildman–Crippen LogP) is 3.79. The maximum Gasteiger partial charge on any atom is 0.161 e. The van der Waals surface area contributed by atoms with Crippen molar-refractivity contribution in [2.45, 2.75) is 39.2 Å². The number of benzene rings is 1. The molecule has 1 aromatic rings. The molecule has 1 aromatic carbocycles. The fourth-order valence-electron chi connectivity index (χ4n) is 3.62. The van der Waals surface area contributed by atoms with Gasteiger partial charge in [0, 0.05) is 6.04 Å². The first kappa shape index (κ1) is 15.2. The highest BCUT2D eigenvalue weighted by Crippen LogP contribution is 2.49. The molecular weight excluding hydrogens is 250 g/mol. The van der Waals surface area contributed by atoms with E-state index in [1.807, 2.05) is 6.07 Å². The summed E-state index contributed by atoms with van der Waals surface area (Å²) in [7, 11) is 5.42. The van der Waals surface area contributed by atoms with E-state index in [2.05, 4.69) is 38.3 Å². The molecule has 1 N–H and O–H groups in total. The van der Waals surface area contributed by atoms with Gasteiger partial charge in [-0.2, -0.15) is 0 Å². The lowest BCUT2D eigenvalue weighted by molar-refractivity contribution is 0.203. The Hall–Kier alpha value is -1.22. The van der Waals surface area contributed by atoms with Gasteiger partial charge in [0.05, 0.1) is 14.2 Å². The van der Waals surface area contributed by atoms with Crippen molar-refractivity contribution in [1.82, 2.24) is 5.32 Å². The Labute approximate surface area is 122 Å². The zero-order chi connectivity index (χ0) is 14.8. The molecule has 1 aliphatic rings. The van der Waals surface area contributed by atoms with Crippen LogP contribution in [0.25, 0.3) is 0 Å². The molecule has 0 aliphatic heterocycles. The normalized spacial score (nSPS) is 22.6. The van der Waals surface area contributed by atoms with Crippen LogP contribution >= 0.6 is 0 Å². The van der Waals surface area contributed by atoms with Gasteiger partial charge in [-0.15, -0.1) is 0 Å². The topological polar surface area (TPSA) is 30.5 Å². The second-order valence-electron chi connectivity index (χ2n) is 6.37. The summed E-state index contributed by atoms with van der Waals surface area (Å²) in [6.07, 6.45) is 3.92. The van der Waals surface area contributed by atoms with Gasteiger partial charge >= 0.3 is 0 Å². The van der Waals surface area contributed by atoms with Crippen LogP contribution in [0.1, 0.15) is 44.7 Å². The van der Waals surface area contributed by atoms with Crippen molar-refractivity contribution >= 4 is 0 Å². The van der Waals surface area contributed by atoms with E-state index in [1.165, 1.54) is 24.8 Å². The van der Waals surface area contributed by atoms with Gasteiger partial charge in [0.1, 0.15) is 0 Å². The number of hydrogen-bond donors (Lipinski definition) is 1. The van der Waals surface area contributed by atoms with Crippen LogP contribution in [0.15, 0.2) is 18.2 Å². The second kappa shape index (κ2) is 6.04. The summed E-state index contributed by atoms with van der Waals surface area (Å²) in [6.45, 7) is 4.77. The van der Waals surface area contributed by atoms with Crippen molar-refractivity contribution < 1.29 is 9.47 Å². The SMILES string of the molecule is CNC(c1ccc(OC)c(OC)c1)C1CCCC1(C)C. The van der Waals surface area contributed by atoms with Crippen LogP contribution in [-0.2, 0) is 0 Å². The molecule has 2 rings (SSSR count). The van der Waals surface area contributed by atoms with Crippen molar-refractivity contribution in [3.63, 3.8) is 0 Å². The van der Waals surface area contributed by atoms with E-state index in [0.29, 0.717) is 17.4 Å². The van der Waals surface area contributed by atoms with Gasteiger partial charge in [-0.3, -0.25) is 0 Å². The smallest absolute Gasteiger partial charge is 0.161 e. The van der Waals surface area contributed by atoms with Gasteiger partial charge in [-0.05, 0) is 48.9 Å². The second-order valence-corrected chi connectivity index (χ2v) is 6.37. The highest BCUT2D eigenvalue weighted by molar-refractivity contribution is 5.44. The third kappa shape index (κ3) is 2.78. The fraction of sp³-hybridized carbons (Fsp3) is 0.647. The van der Waals surface area contributed by atoms with E-state index in [0.717, 1.165) is 11.5 Å². The fourth-order valence-corrected chi connectivity index (χ4v) is 3.62. The third-order valence-electron chi connectivity index (χ3n) is 4.82. The van der Waals surface area contributed by atoms with Crippen molar-refractivity contribution in [3.8, 4) is 11.5 Å². The van der Waals surface area contributed by atoms with Gasteiger partial charge in [0.2, 0.25) is 0 Å². The molecule has 112 valence electrons. The minimum absolute atomic E-state index is 0.368. The molecule has 0 saturated heterocycles. The highest BCUT2D eigenvalue weighted by atomic mass is 16.5. The van der Waals surface area contributed by atoms with Crippen LogP contribution in [0.3, 0.4) is 0 Å². The molecule has 3 nitrogen and oxygen atoms in total. The zero-order valence-corrected chi connectivity index (χ0v) is 13.3. The molecule has 2 atom stereocenters. The molecule has 3 heteroatoms. The summed E-state index contributed by atoms with van der Waals surface area (Å²) >= 11 is 0. The highest BCUT2D eigenvalue weighted by Gasteiger charge is 2.39. The van der Waals surface area contributed by atoms with Gasteiger partial charge in [-0.1, -0.05) is 26.3 Å². The average molecular weight is 277 g/mol. The zero-order valence-electron chi connectivity index (χ0n) is 13.3. The summed E-state index contributed by atoms with van der Waals surface area (Å²) in [4.78, 5) is 0. The maximum absolute atomic E-state index is 5.43. The summed E-state index contributed by atoms with van der Waals surface area (Å²) in [6, 6.07) is 6.62. The number of rotatable bonds is 5. The standard InChI is InChI=1S/C17H27NO2/c1-17(2)10-6-7-13(17)16(18-3)12-8-9-14(19-4)15(11-12)20-5/h8-9,11,13,16,18H,6-7,10H2,1-5H3. The minimum Gasteiger partial charge on any atom is -0.493 e. The molecule has 0 radical (unpaired) electrons. The van der Waals surface area contributed by atoms with Crippen LogP contribution < -0.4 is 14.8 Å². The Kier molecular flexibility index (Phi) is 4.59. The summed E-state index contributed by atoms with van der Waals surface area (Å²) < 4.78 is 10.8. The van der Waals surface area contributed by atoms with Gasteiger partial charge < -0.3 is 14.8 Å². The monoisotopic (exact) mass is 277 g/mol.